The van der Waals surface area contributed by atoms with Crippen LogP contribution < -0.4 is 9.80 Å². The average molecular weight is 598 g/mol. The predicted octanol–water partition coefficient (Wildman–Crippen LogP) is 5.36. The van der Waals surface area contributed by atoms with Gasteiger partial charge in [0.25, 0.3) is 0 Å². The highest BCUT2D eigenvalue weighted by Crippen LogP contribution is 2.42. The highest BCUT2D eigenvalue weighted by Gasteiger charge is 2.41. The van der Waals surface area contributed by atoms with Crippen molar-refractivity contribution in [2.24, 2.45) is 0 Å². The first kappa shape index (κ1) is 31.1. The molecule has 226 valence electrons. The molecule has 1 saturated heterocycles. The van der Waals surface area contributed by atoms with E-state index in [0.717, 1.165) is 4.90 Å². The molecule has 1 amide bonds. The molecule has 1 fully saturated rings. The van der Waals surface area contributed by atoms with Crippen LogP contribution in [0.1, 0.15) is 37.0 Å². The van der Waals surface area contributed by atoms with Gasteiger partial charge in [-0.1, -0.05) is 18.2 Å². The van der Waals surface area contributed by atoms with E-state index < -0.39 is 52.5 Å². The van der Waals surface area contributed by atoms with Gasteiger partial charge in [0.15, 0.2) is 0 Å². The maximum absolute atomic E-state index is 13.8. The summed E-state index contributed by atoms with van der Waals surface area (Å²) in [6.45, 7) is 2.34. The number of likely N-dealkylation sites (N-methyl/N-ethyl adjacent to an activating group) is 1. The van der Waals surface area contributed by atoms with Gasteiger partial charge in [0.2, 0.25) is 5.91 Å². The Balaban J connectivity index is 1.82. The zero-order chi connectivity index (χ0) is 31.2. The molecule has 0 radical (unpaired) electrons. The van der Waals surface area contributed by atoms with Gasteiger partial charge in [0.05, 0.1) is 47.2 Å². The minimum Gasteiger partial charge on any atom is -0.507 e. The summed E-state index contributed by atoms with van der Waals surface area (Å²) in [7, 11) is 1.30. The molecule has 13 heteroatoms. The van der Waals surface area contributed by atoms with Crippen molar-refractivity contribution in [3.63, 3.8) is 0 Å². The molecular weight excluding hydrogens is 568 g/mol. The van der Waals surface area contributed by atoms with Crippen molar-refractivity contribution in [1.29, 1.82) is 0 Å². The maximum atomic E-state index is 13.8. The number of hydrogen-bond donors (Lipinski definition) is 3. The molecule has 0 saturated carbocycles. The Bertz CT molecular complexity index is 1440. The van der Waals surface area contributed by atoms with Gasteiger partial charge in [-0.15, -0.1) is 0 Å². The number of alkyl halides is 6. The molecule has 2 aromatic carbocycles. The monoisotopic (exact) mass is 597 g/mol. The fourth-order valence-electron chi connectivity index (χ4n) is 5.09. The van der Waals surface area contributed by atoms with E-state index in [4.69, 9.17) is 0 Å². The molecular formula is C29H29F6N3O4. The molecule has 0 spiro atoms. The summed E-state index contributed by atoms with van der Waals surface area (Å²) in [5.74, 6) is -0.685. The van der Waals surface area contributed by atoms with Crippen LogP contribution in [0.4, 0.5) is 37.8 Å². The number of benzene rings is 2. The largest absolute Gasteiger partial charge is 0.507 e. The number of hydrogen-bond acceptors (Lipinski definition) is 6. The second-order valence-electron chi connectivity index (χ2n) is 10.7. The number of phenolic OH excluding ortho intramolecular Hbond substituents is 1. The van der Waals surface area contributed by atoms with Crippen LogP contribution in [0.3, 0.4) is 0 Å². The molecule has 2 heterocycles. The van der Waals surface area contributed by atoms with E-state index in [2.05, 4.69) is 4.98 Å². The minimum atomic E-state index is -5.09. The van der Waals surface area contributed by atoms with Gasteiger partial charge in [-0.05, 0) is 56.2 Å². The summed E-state index contributed by atoms with van der Waals surface area (Å²) in [6, 6.07) is 8.31. The molecule has 1 aromatic heterocycles. The third-order valence-corrected chi connectivity index (χ3v) is 7.47. The fourth-order valence-corrected chi connectivity index (χ4v) is 5.09. The van der Waals surface area contributed by atoms with Crippen LogP contribution >= 0.6 is 0 Å². The van der Waals surface area contributed by atoms with Crippen molar-refractivity contribution >= 4 is 17.4 Å². The average Bonchev–Trinajstić information content (AvgIpc) is 3.31. The molecule has 42 heavy (non-hydrogen) atoms. The first-order chi connectivity index (χ1) is 19.4. The SMILES string of the molecule is CN(C(=O)C(C)(C)c1cc(C(F)(F)F)cc(C(F)(F)F)c1)c1cnc(N2CC(O)CC2CO)cc1-c1ccccc1O. The van der Waals surface area contributed by atoms with Gasteiger partial charge in [-0.25, -0.2) is 4.98 Å². The molecule has 1 aliphatic rings. The smallest absolute Gasteiger partial charge is 0.416 e. The van der Waals surface area contributed by atoms with Crippen LogP contribution in [0.2, 0.25) is 0 Å². The number of carbonyl (C=O) groups is 1. The number of carbonyl (C=O) groups excluding carboxylic acids is 1. The number of para-hydroxylation sites is 1. The van der Waals surface area contributed by atoms with Gasteiger partial charge < -0.3 is 25.1 Å². The minimum absolute atomic E-state index is 0.00163. The number of aromatic hydroxyl groups is 1. The van der Waals surface area contributed by atoms with E-state index in [1.165, 1.54) is 39.2 Å². The van der Waals surface area contributed by atoms with Gasteiger partial charge in [-0.2, -0.15) is 26.3 Å². The van der Waals surface area contributed by atoms with Crippen molar-refractivity contribution in [2.45, 2.75) is 50.2 Å². The number of halogens is 6. The lowest BCUT2D eigenvalue weighted by atomic mass is 9.81. The van der Waals surface area contributed by atoms with Gasteiger partial charge in [0.1, 0.15) is 11.6 Å². The number of amides is 1. The molecule has 1 aliphatic heterocycles. The number of β-amino-alcohol motifs (C(OH)–C–C–N with tert-alkyl or cyclic N) is 1. The van der Waals surface area contributed by atoms with E-state index in [9.17, 15) is 46.5 Å². The Hall–Kier alpha value is -3.84. The van der Waals surface area contributed by atoms with Crippen molar-refractivity contribution in [2.75, 3.05) is 30.0 Å². The number of pyridine rings is 1. The van der Waals surface area contributed by atoms with E-state index in [1.54, 1.807) is 23.1 Å². The quantitative estimate of drug-likeness (QED) is 0.331. The third-order valence-electron chi connectivity index (χ3n) is 7.47. The summed E-state index contributed by atoms with van der Waals surface area (Å²) in [6.07, 6.45) is -9.33. The Kier molecular flexibility index (Phi) is 8.22. The molecule has 3 aromatic rings. The zero-order valence-electron chi connectivity index (χ0n) is 22.8. The van der Waals surface area contributed by atoms with Crippen LogP contribution in [0.15, 0.2) is 54.7 Å². The molecule has 2 atom stereocenters. The topological polar surface area (TPSA) is 97.1 Å². The maximum Gasteiger partial charge on any atom is 0.416 e. The summed E-state index contributed by atoms with van der Waals surface area (Å²) in [4.78, 5) is 21.0. The van der Waals surface area contributed by atoms with Gasteiger partial charge >= 0.3 is 12.4 Å². The summed E-state index contributed by atoms with van der Waals surface area (Å²) in [5, 5.41) is 30.5. The molecule has 7 nitrogen and oxygen atoms in total. The van der Waals surface area contributed by atoms with E-state index in [0.29, 0.717) is 18.0 Å². The summed E-state index contributed by atoms with van der Waals surface area (Å²) in [5.41, 5.74) is -4.78. The second kappa shape index (κ2) is 11.1. The van der Waals surface area contributed by atoms with E-state index in [1.807, 2.05) is 0 Å². The van der Waals surface area contributed by atoms with Crippen molar-refractivity contribution in [3.05, 3.63) is 71.4 Å². The Morgan fingerprint density at radius 3 is 2.10 bits per heavy atom. The Morgan fingerprint density at radius 1 is 0.976 bits per heavy atom. The van der Waals surface area contributed by atoms with Gasteiger partial charge in [-0.3, -0.25) is 4.79 Å². The van der Waals surface area contributed by atoms with Crippen LogP contribution in [0.5, 0.6) is 5.75 Å². The molecule has 4 rings (SSSR count). The number of rotatable bonds is 6. The third kappa shape index (κ3) is 6.02. The fraction of sp³-hybridized carbons (Fsp3) is 0.379. The normalized spacial score (nSPS) is 17.9. The molecule has 0 aliphatic carbocycles. The number of nitrogens with zero attached hydrogens (tertiary/aromatic N) is 3. The van der Waals surface area contributed by atoms with Crippen molar-refractivity contribution < 1.29 is 46.5 Å². The number of phenols is 1. The van der Waals surface area contributed by atoms with Crippen LogP contribution in [0.25, 0.3) is 11.1 Å². The van der Waals surface area contributed by atoms with Crippen LogP contribution in [-0.4, -0.2) is 58.6 Å². The van der Waals surface area contributed by atoms with Gasteiger partial charge in [0, 0.05) is 24.7 Å². The molecule has 3 N–H and O–H groups in total. The standard InChI is InChI=1S/C29H29F6N3O4/c1-27(2,16-8-17(28(30,31)32)10-18(9-16)29(33,34)35)26(42)37(3)23-13-36-25(38-14-20(40)11-19(38)15-39)12-22(23)21-6-4-5-7-24(21)41/h4-10,12-13,19-20,39-41H,11,14-15H2,1-3H3. The number of anilines is 2. The Morgan fingerprint density at radius 2 is 1.55 bits per heavy atom. The first-order valence-corrected chi connectivity index (χ1v) is 12.9. The lowest BCUT2D eigenvalue weighted by molar-refractivity contribution is -0.143. The summed E-state index contributed by atoms with van der Waals surface area (Å²) >= 11 is 0. The summed E-state index contributed by atoms with van der Waals surface area (Å²) < 4.78 is 81.2. The van der Waals surface area contributed by atoms with E-state index in [-0.39, 0.29) is 48.2 Å². The highest BCUT2D eigenvalue weighted by molar-refractivity contribution is 6.03. The van der Waals surface area contributed by atoms with Crippen LogP contribution in [0, 0.1) is 0 Å². The second-order valence-corrected chi connectivity index (χ2v) is 10.7. The number of aromatic nitrogens is 1. The number of aliphatic hydroxyl groups excluding tert-OH is 2. The van der Waals surface area contributed by atoms with E-state index >= 15 is 0 Å². The number of aliphatic hydroxyl groups is 2. The molecule has 0 bridgehead atoms. The first-order valence-electron chi connectivity index (χ1n) is 12.9. The molecule has 2 unspecified atom stereocenters. The predicted molar refractivity (Wildman–Crippen MR) is 143 cm³/mol. The Labute approximate surface area is 237 Å². The highest BCUT2D eigenvalue weighted by atomic mass is 19.4. The zero-order valence-corrected chi connectivity index (χ0v) is 22.8. The van der Waals surface area contributed by atoms with Crippen molar-refractivity contribution in [3.8, 4) is 16.9 Å². The van der Waals surface area contributed by atoms with Crippen molar-refractivity contribution in [1.82, 2.24) is 4.98 Å². The lowest BCUT2D eigenvalue weighted by Crippen LogP contribution is -2.42. The van der Waals surface area contributed by atoms with Crippen LogP contribution in [-0.2, 0) is 22.6 Å². The lowest BCUT2D eigenvalue weighted by Gasteiger charge is -2.32.